The molecule has 0 atom stereocenters. The second-order valence-corrected chi connectivity index (χ2v) is 10.4. The number of rotatable bonds is 14. The summed E-state index contributed by atoms with van der Waals surface area (Å²) in [6.45, 7) is -0.305. The van der Waals surface area contributed by atoms with E-state index >= 15 is 0 Å². The minimum Gasteiger partial charge on any atom is -0.497 e. The van der Waals surface area contributed by atoms with Crippen molar-refractivity contribution in [3.8, 4) is 17.2 Å². The van der Waals surface area contributed by atoms with Crippen molar-refractivity contribution in [2.45, 2.75) is 19.8 Å². The van der Waals surface area contributed by atoms with Crippen LogP contribution in [-0.2, 0) is 43.5 Å². The van der Waals surface area contributed by atoms with Crippen LogP contribution in [0.1, 0.15) is 50.8 Å². The molecule has 0 saturated heterocycles. The van der Waals surface area contributed by atoms with E-state index in [2.05, 4.69) is 29.3 Å². The number of carbonyl (C=O) groups is 6. The van der Waals surface area contributed by atoms with Crippen molar-refractivity contribution in [2.75, 3.05) is 41.2 Å². The van der Waals surface area contributed by atoms with Crippen LogP contribution in [0.5, 0.6) is 17.2 Å². The first-order chi connectivity index (χ1) is 25.0. The van der Waals surface area contributed by atoms with Crippen LogP contribution >= 0.6 is 0 Å². The molecule has 0 amide bonds. The highest BCUT2D eigenvalue weighted by Gasteiger charge is 2.37. The minimum atomic E-state index is -1.54. The Morgan fingerprint density at radius 2 is 0.712 bits per heavy atom. The summed E-state index contributed by atoms with van der Waals surface area (Å²) in [6.07, 6.45) is -4.09. The quantitative estimate of drug-likeness (QED) is 0.0857. The summed E-state index contributed by atoms with van der Waals surface area (Å²) in [6, 6.07) is 17.0. The van der Waals surface area contributed by atoms with Crippen LogP contribution < -0.4 is 14.2 Å². The Bertz CT molecular complexity index is 1460. The highest BCUT2D eigenvalue weighted by molar-refractivity contribution is 5.90. The topological polar surface area (TPSA) is 213 Å². The first kappa shape index (κ1) is 39.7. The van der Waals surface area contributed by atoms with Gasteiger partial charge >= 0.3 is 36.4 Å². The molecule has 0 spiro atoms. The fourth-order valence-electron chi connectivity index (χ4n) is 4.12. The molecule has 278 valence electrons. The van der Waals surface area contributed by atoms with E-state index in [1.54, 1.807) is 6.92 Å². The number of hydrogen-bond donors (Lipinski definition) is 0. The normalized spacial score (nSPS) is 10.4. The average molecular weight is 731 g/mol. The summed E-state index contributed by atoms with van der Waals surface area (Å²) in [7, 11) is 4.31. The SMILES string of the molecule is CCCC(COC(=O)OOC(=O)c1ccc(OC)cc1)(COC(=O)OOC(=O)c1ccc(OC)cc1)COC(=O)OOC(=O)c1ccc(OC)cc1. The Balaban J connectivity index is 1.62. The van der Waals surface area contributed by atoms with Crippen molar-refractivity contribution < 1.29 is 86.5 Å². The fourth-order valence-corrected chi connectivity index (χ4v) is 4.12. The summed E-state index contributed by atoms with van der Waals surface area (Å²) in [5.74, 6) is -1.72. The number of ether oxygens (including phenoxy) is 6. The monoisotopic (exact) mass is 730 g/mol. The summed E-state index contributed by atoms with van der Waals surface area (Å²) in [4.78, 5) is 101. The highest BCUT2D eigenvalue weighted by atomic mass is 17.2. The van der Waals surface area contributed by atoms with Gasteiger partial charge in [0.2, 0.25) is 0 Å². The van der Waals surface area contributed by atoms with Crippen molar-refractivity contribution in [2.24, 2.45) is 5.41 Å². The second-order valence-electron chi connectivity index (χ2n) is 10.4. The van der Waals surface area contributed by atoms with E-state index in [0.717, 1.165) is 0 Å². The Morgan fingerprint density at radius 3 is 0.942 bits per heavy atom. The molecule has 0 heterocycles. The molecule has 3 aromatic rings. The Morgan fingerprint density at radius 1 is 0.442 bits per heavy atom. The molecule has 3 aromatic carbocycles. The standard InChI is InChI=1S/C34H34O18/c1-5-18-34(19-44-31(38)50-47-28(35)22-6-12-25(41-2)13-7-22,20-45-32(39)51-48-29(36)23-8-14-26(42-3)15-9-23)21-46-33(40)52-49-30(37)24-10-16-27(43-4)17-11-24/h6-17H,5,18-21H2,1-4H3. The predicted molar refractivity (Wildman–Crippen MR) is 170 cm³/mol. The largest absolute Gasteiger partial charge is 0.549 e. The molecule has 0 N–H and O–H groups in total. The number of methoxy groups -OCH3 is 3. The molecule has 0 aliphatic carbocycles. The van der Waals surface area contributed by atoms with Crippen LogP contribution in [0.25, 0.3) is 0 Å². The third-order valence-corrected chi connectivity index (χ3v) is 6.80. The molecule has 0 saturated carbocycles. The van der Waals surface area contributed by atoms with Gasteiger partial charge in [0.1, 0.15) is 37.1 Å². The van der Waals surface area contributed by atoms with Gasteiger partial charge < -0.3 is 28.4 Å². The molecule has 52 heavy (non-hydrogen) atoms. The molecule has 0 unspecified atom stereocenters. The average Bonchev–Trinajstić information content (AvgIpc) is 3.18. The zero-order valence-corrected chi connectivity index (χ0v) is 28.3. The molecule has 3 rings (SSSR count). The van der Waals surface area contributed by atoms with Gasteiger partial charge in [-0.3, -0.25) is 0 Å². The van der Waals surface area contributed by atoms with E-state index in [1.165, 1.54) is 94.1 Å². The van der Waals surface area contributed by atoms with E-state index in [1.807, 2.05) is 0 Å². The van der Waals surface area contributed by atoms with Crippen LogP contribution in [-0.4, -0.2) is 77.5 Å². The van der Waals surface area contributed by atoms with Crippen molar-refractivity contribution in [3.63, 3.8) is 0 Å². The van der Waals surface area contributed by atoms with Gasteiger partial charge in [-0.1, -0.05) is 13.3 Å². The first-order valence-electron chi connectivity index (χ1n) is 15.1. The van der Waals surface area contributed by atoms with Gasteiger partial charge in [0.25, 0.3) is 0 Å². The third-order valence-electron chi connectivity index (χ3n) is 6.80. The Labute approximate surface area is 296 Å². The number of hydrogen-bond acceptors (Lipinski definition) is 18. The fraction of sp³-hybridized carbons (Fsp3) is 0.294. The van der Waals surface area contributed by atoms with Gasteiger partial charge in [-0.15, -0.1) is 0 Å². The molecule has 18 heteroatoms. The van der Waals surface area contributed by atoms with E-state index < -0.39 is 61.6 Å². The number of benzene rings is 3. The van der Waals surface area contributed by atoms with Crippen molar-refractivity contribution in [1.82, 2.24) is 0 Å². The lowest BCUT2D eigenvalue weighted by Gasteiger charge is -2.30. The Hall–Kier alpha value is -6.72. The van der Waals surface area contributed by atoms with Crippen LogP contribution in [0.3, 0.4) is 0 Å². The molecule has 0 fully saturated rings. The summed E-state index contributed by atoms with van der Waals surface area (Å²) >= 11 is 0. The van der Waals surface area contributed by atoms with E-state index in [4.69, 9.17) is 28.4 Å². The number of carbonyl (C=O) groups excluding carboxylic acids is 6. The predicted octanol–water partition coefficient (Wildman–Crippen LogP) is 5.57. The van der Waals surface area contributed by atoms with Gasteiger partial charge in [-0.2, -0.15) is 14.4 Å². The van der Waals surface area contributed by atoms with Crippen LogP contribution in [0.15, 0.2) is 72.8 Å². The van der Waals surface area contributed by atoms with Crippen molar-refractivity contribution >= 4 is 36.4 Å². The zero-order valence-electron chi connectivity index (χ0n) is 28.3. The van der Waals surface area contributed by atoms with Crippen LogP contribution in [0, 0.1) is 5.41 Å². The lowest BCUT2D eigenvalue weighted by atomic mass is 9.86. The van der Waals surface area contributed by atoms with Gasteiger partial charge in [-0.25, -0.2) is 43.7 Å². The zero-order chi connectivity index (χ0) is 37.9. The molecule has 0 bridgehead atoms. The lowest BCUT2D eigenvalue weighted by Crippen LogP contribution is -2.40. The molecule has 18 nitrogen and oxygen atoms in total. The highest BCUT2D eigenvalue weighted by Crippen LogP contribution is 2.27. The molecule has 0 aliphatic rings. The van der Waals surface area contributed by atoms with E-state index in [-0.39, 0.29) is 23.1 Å². The maximum atomic E-state index is 12.4. The van der Waals surface area contributed by atoms with Crippen LogP contribution in [0.4, 0.5) is 14.4 Å². The van der Waals surface area contributed by atoms with Crippen LogP contribution in [0.2, 0.25) is 0 Å². The van der Waals surface area contributed by atoms with Gasteiger partial charge in [-0.05, 0) is 79.2 Å². The van der Waals surface area contributed by atoms with Gasteiger partial charge in [0, 0.05) is 0 Å². The molecule has 0 aliphatic heterocycles. The molecular formula is C34H34O18. The van der Waals surface area contributed by atoms with E-state index in [9.17, 15) is 28.8 Å². The van der Waals surface area contributed by atoms with E-state index in [0.29, 0.717) is 23.7 Å². The molecule has 0 aromatic heterocycles. The summed E-state index contributed by atoms with van der Waals surface area (Å²) in [5.41, 5.74) is -1.47. The van der Waals surface area contributed by atoms with Crippen molar-refractivity contribution in [3.05, 3.63) is 89.5 Å². The summed E-state index contributed by atoms with van der Waals surface area (Å²) < 4.78 is 30.3. The van der Waals surface area contributed by atoms with Crippen molar-refractivity contribution in [1.29, 1.82) is 0 Å². The third kappa shape index (κ3) is 12.6. The summed E-state index contributed by atoms with van der Waals surface area (Å²) in [5, 5.41) is 0. The second kappa shape index (κ2) is 20.1. The maximum Gasteiger partial charge on any atom is 0.549 e. The Kier molecular flexibility index (Phi) is 15.3. The maximum absolute atomic E-state index is 12.4. The lowest BCUT2D eigenvalue weighted by molar-refractivity contribution is -0.217. The molecule has 0 radical (unpaired) electrons. The van der Waals surface area contributed by atoms with Gasteiger partial charge in [0.15, 0.2) is 0 Å². The smallest absolute Gasteiger partial charge is 0.497 e. The minimum absolute atomic E-state index is 0.0214. The first-order valence-corrected chi connectivity index (χ1v) is 15.1. The van der Waals surface area contributed by atoms with Gasteiger partial charge in [0.05, 0.1) is 43.4 Å². The molecular weight excluding hydrogens is 696 g/mol.